The molecule has 0 bridgehead atoms. The molecule has 1 N–H and O–H groups in total. The SMILES string of the molecule is N#CO/N=C\C(=O)O. The van der Waals surface area contributed by atoms with E-state index in [-0.39, 0.29) is 0 Å². The summed E-state index contributed by atoms with van der Waals surface area (Å²) in [6.45, 7) is 0. The maximum absolute atomic E-state index is 9.54. The van der Waals surface area contributed by atoms with Crippen LogP contribution in [0.5, 0.6) is 0 Å². The average molecular weight is 114 g/mol. The zero-order valence-corrected chi connectivity index (χ0v) is 3.74. The third kappa shape index (κ3) is 4.43. The van der Waals surface area contributed by atoms with Gasteiger partial charge in [-0.25, -0.2) is 4.79 Å². The molecule has 5 heteroatoms. The lowest BCUT2D eigenvalue weighted by atomic mass is 10.8. The van der Waals surface area contributed by atoms with Crippen molar-refractivity contribution >= 4 is 12.2 Å². The first kappa shape index (κ1) is 6.43. The second-order valence-electron chi connectivity index (χ2n) is 0.755. The van der Waals surface area contributed by atoms with Gasteiger partial charge in [-0.05, 0) is 0 Å². The van der Waals surface area contributed by atoms with Gasteiger partial charge in [-0.1, -0.05) is 5.16 Å². The number of hydrogen-bond donors (Lipinski definition) is 1. The molecule has 0 saturated heterocycles. The van der Waals surface area contributed by atoms with Crippen molar-refractivity contribution in [2.24, 2.45) is 5.16 Å². The molecule has 42 valence electrons. The summed E-state index contributed by atoms with van der Waals surface area (Å²) >= 11 is 0. The molecule has 0 aliphatic heterocycles. The molecule has 0 amide bonds. The first-order chi connectivity index (χ1) is 3.77. The molecule has 5 nitrogen and oxygen atoms in total. The van der Waals surface area contributed by atoms with Crippen LogP contribution in [-0.2, 0) is 9.63 Å². The Labute approximate surface area is 44.8 Å². The molecule has 0 saturated carbocycles. The maximum atomic E-state index is 9.54. The van der Waals surface area contributed by atoms with Crippen LogP contribution in [0.3, 0.4) is 0 Å². The molecular formula is C3H2N2O3. The minimum atomic E-state index is -1.25. The summed E-state index contributed by atoms with van der Waals surface area (Å²) in [5.41, 5.74) is 0. The Balaban J connectivity index is 3.38. The highest BCUT2D eigenvalue weighted by molar-refractivity contribution is 6.21. The molecule has 0 aliphatic carbocycles. The van der Waals surface area contributed by atoms with E-state index in [2.05, 4.69) is 9.99 Å². The molecule has 8 heavy (non-hydrogen) atoms. The zero-order chi connectivity index (χ0) is 6.41. The minimum absolute atomic E-state index is 0.475. The van der Waals surface area contributed by atoms with Crippen LogP contribution in [0.15, 0.2) is 5.16 Å². The number of carboxylic acid groups (broad SMARTS) is 1. The smallest absolute Gasteiger partial charge is 0.350 e. The summed E-state index contributed by atoms with van der Waals surface area (Å²) < 4.78 is 0. The van der Waals surface area contributed by atoms with E-state index in [4.69, 9.17) is 10.4 Å². The van der Waals surface area contributed by atoms with Gasteiger partial charge in [0.25, 0.3) is 0 Å². The van der Waals surface area contributed by atoms with Gasteiger partial charge in [-0.15, -0.1) is 5.26 Å². The van der Waals surface area contributed by atoms with Gasteiger partial charge in [0.2, 0.25) is 0 Å². The van der Waals surface area contributed by atoms with E-state index in [0.717, 1.165) is 6.26 Å². The van der Waals surface area contributed by atoms with Gasteiger partial charge in [0, 0.05) is 0 Å². The fraction of sp³-hybridized carbons (Fsp3) is 0. The second kappa shape index (κ2) is 3.61. The van der Waals surface area contributed by atoms with Gasteiger partial charge in [-0.2, -0.15) is 0 Å². The summed E-state index contributed by atoms with van der Waals surface area (Å²) in [5.74, 6) is -1.25. The highest BCUT2D eigenvalue weighted by atomic mass is 16.6. The summed E-state index contributed by atoms with van der Waals surface area (Å²) in [6.07, 6.45) is 1.64. The third-order valence-corrected chi connectivity index (χ3v) is 0.257. The maximum Gasteiger partial charge on any atom is 0.350 e. The number of hydrogen-bond acceptors (Lipinski definition) is 4. The van der Waals surface area contributed by atoms with Crippen molar-refractivity contribution < 1.29 is 14.7 Å². The highest BCUT2D eigenvalue weighted by Crippen LogP contribution is 1.65. The van der Waals surface area contributed by atoms with Crippen molar-refractivity contribution in [3.05, 3.63) is 0 Å². The van der Waals surface area contributed by atoms with Gasteiger partial charge >= 0.3 is 12.2 Å². The summed E-state index contributed by atoms with van der Waals surface area (Å²) in [5, 5.41) is 18.1. The Morgan fingerprint density at radius 1 is 2.00 bits per heavy atom. The minimum Gasteiger partial charge on any atom is -0.477 e. The molecule has 0 heterocycles. The Kier molecular flexibility index (Phi) is 2.90. The molecule has 0 radical (unpaired) electrons. The van der Waals surface area contributed by atoms with Crippen LogP contribution in [0.25, 0.3) is 0 Å². The standard InChI is InChI=1S/C3H2N2O3/c4-2-8-5-1-3(6)7/h1H,(H,6,7)/b5-1-. The third-order valence-electron chi connectivity index (χ3n) is 0.257. The van der Waals surface area contributed by atoms with Gasteiger partial charge in [0.1, 0.15) is 0 Å². The lowest BCUT2D eigenvalue weighted by Gasteiger charge is -1.74. The van der Waals surface area contributed by atoms with Crippen LogP contribution in [0, 0.1) is 11.5 Å². The molecule has 0 aromatic heterocycles. The first-order valence-corrected chi connectivity index (χ1v) is 1.58. The topological polar surface area (TPSA) is 82.7 Å². The number of nitriles is 1. The molecular weight excluding hydrogens is 112 g/mol. The van der Waals surface area contributed by atoms with E-state index >= 15 is 0 Å². The Hall–Kier alpha value is -1.57. The van der Waals surface area contributed by atoms with Crippen LogP contribution < -0.4 is 0 Å². The van der Waals surface area contributed by atoms with Crippen molar-refractivity contribution in [1.29, 1.82) is 5.26 Å². The van der Waals surface area contributed by atoms with Gasteiger partial charge in [-0.3, -0.25) is 4.84 Å². The van der Waals surface area contributed by atoms with Crippen LogP contribution in [0.4, 0.5) is 0 Å². The molecule has 0 rings (SSSR count). The van der Waals surface area contributed by atoms with Gasteiger partial charge < -0.3 is 5.11 Å². The van der Waals surface area contributed by atoms with E-state index in [1.165, 1.54) is 0 Å². The number of carbonyl (C=O) groups is 1. The molecule has 0 fully saturated rings. The fourth-order valence-electron chi connectivity index (χ4n) is 0.0950. The van der Waals surface area contributed by atoms with Crippen molar-refractivity contribution in [2.75, 3.05) is 0 Å². The van der Waals surface area contributed by atoms with Crippen molar-refractivity contribution in [3.63, 3.8) is 0 Å². The average Bonchev–Trinajstić information content (AvgIpc) is 1.66. The Morgan fingerprint density at radius 2 is 2.62 bits per heavy atom. The van der Waals surface area contributed by atoms with E-state index < -0.39 is 5.97 Å². The number of rotatable bonds is 2. The molecule has 0 aromatic carbocycles. The second-order valence-corrected chi connectivity index (χ2v) is 0.755. The van der Waals surface area contributed by atoms with Crippen molar-refractivity contribution in [2.45, 2.75) is 0 Å². The molecule has 0 aliphatic rings. The molecule has 0 atom stereocenters. The summed E-state index contributed by atoms with van der Waals surface area (Å²) in [7, 11) is 0. The molecule has 0 aromatic rings. The Bertz CT molecular complexity index is 145. The summed E-state index contributed by atoms with van der Waals surface area (Å²) in [6, 6.07) is 0. The van der Waals surface area contributed by atoms with Gasteiger partial charge in [0.15, 0.2) is 6.21 Å². The predicted molar refractivity (Wildman–Crippen MR) is 22.8 cm³/mol. The van der Waals surface area contributed by atoms with Crippen molar-refractivity contribution in [1.82, 2.24) is 0 Å². The number of oxime groups is 1. The highest BCUT2D eigenvalue weighted by Gasteiger charge is 1.83. The first-order valence-electron chi connectivity index (χ1n) is 1.58. The predicted octanol–water partition coefficient (Wildman–Crippen LogP) is -0.446. The lowest BCUT2D eigenvalue weighted by molar-refractivity contribution is -0.128. The quantitative estimate of drug-likeness (QED) is 0.299. The number of aliphatic carboxylic acids is 1. The summed E-state index contributed by atoms with van der Waals surface area (Å²) in [4.78, 5) is 13.2. The lowest BCUT2D eigenvalue weighted by Crippen LogP contribution is -1.94. The monoisotopic (exact) mass is 114 g/mol. The van der Waals surface area contributed by atoms with Gasteiger partial charge in [0.05, 0.1) is 0 Å². The normalized spacial score (nSPS) is 8.38. The van der Waals surface area contributed by atoms with E-state index in [9.17, 15) is 4.79 Å². The number of carboxylic acids is 1. The zero-order valence-electron chi connectivity index (χ0n) is 3.74. The number of nitrogens with zero attached hydrogens (tertiary/aromatic N) is 2. The van der Waals surface area contributed by atoms with E-state index in [1.54, 1.807) is 0 Å². The largest absolute Gasteiger partial charge is 0.477 e. The van der Waals surface area contributed by atoms with E-state index in [1.807, 2.05) is 0 Å². The van der Waals surface area contributed by atoms with Crippen LogP contribution >= 0.6 is 0 Å². The molecule has 0 spiro atoms. The van der Waals surface area contributed by atoms with Crippen LogP contribution in [0.1, 0.15) is 0 Å². The Morgan fingerprint density at radius 3 is 3.00 bits per heavy atom. The molecule has 0 unspecified atom stereocenters. The van der Waals surface area contributed by atoms with Crippen molar-refractivity contribution in [3.8, 4) is 6.26 Å². The van der Waals surface area contributed by atoms with Crippen LogP contribution in [0.2, 0.25) is 0 Å². The van der Waals surface area contributed by atoms with E-state index in [0.29, 0.717) is 6.21 Å². The fourth-order valence-corrected chi connectivity index (χ4v) is 0.0950. The van der Waals surface area contributed by atoms with Crippen LogP contribution in [-0.4, -0.2) is 17.3 Å².